The van der Waals surface area contributed by atoms with E-state index in [1.165, 1.54) is 13.2 Å². The first-order chi connectivity index (χ1) is 9.13. The van der Waals surface area contributed by atoms with E-state index in [2.05, 4.69) is 0 Å². The highest BCUT2D eigenvalue weighted by Crippen LogP contribution is 2.31. The van der Waals surface area contributed by atoms with Gasteiger partial charge in [-0.15, -0.1) is 0 Å². The van der Waals surface area contributed by atoms with Crippen LogP contribution < -0.4 is 4.74 Å². The van der Waals surface area contributed by atoms with Gasteiger partial charge in [-0.3, -0.25) is 4.79 Å². The lowest BCUT2D eigenvalue weighted by Gasteiger charge is -2.17. The van der Waals surface area contributed by atoms with Crippen molar-refractivity contribution < 1.29 is 19.4 Å². The number of ketones is 1. The molecule has 0 aliphatic heterocycles. The fourth-order valence-electron chi connectivity index (χ4n) is 1.86. The molecule has 0 aromatic heterocycles. The quantitative estimate of drug-likeness (QED) is 0.784. The number of carbonyl (C=O) groups is 1. The molecule has 1 aromatic carbocycles. The molecule has 1 rings (SSSR count). The van der Waals surface area contributed by atoms with Crippen LogP contribution in [0.3, 0.4) is 0 Å². The molecule has 1 N–H and O–H groups in total. The number of rotatable bonds is 8. The van der Waals surface area contributed by atoms with Crippen molar-refractivity contribution in [3.8, 4) is 11.5 Å². The fraction of sp³-hybridized carbons (Fsp3) is 0.533. The maximum Gasteiger partial charge on any atom is 0.166 e. The molecule has 0 spiro atoms. The predicted molar refractivity (Wildman–Crippen MR) is 73.6 cm³/mol. The van der Waals surface area contributed by atoms with Crippen molar-refractivity contribution in [3.05, 3.63) is 23.8 Å². The van der Waals surface area contributed by atoms with Crippen molar-refractivity contribution in [1.82, 2.24) is 0 Å². The minimum atomic E-state index is -0.600. The van der Waals surface area contributed by atoms with Crippen molar-refractivity contribution in [2.45, 2.75) is 39.2 Å². The van der Waals surface area contributed by atoms with E-state index >= 15 is 0 Å². The lowest BCUT2D eigenvalue weighted by Crippen LogP contribution is -2.16. The second kappa shape index (κ2) is 7.79. The lowest BCUT2D eigenvalue weighted by atomic mass is 10.0. The molecule has 0 saturated carbocycles. The third kappa shape index (κ3) is 4.24. The summed E-state index contributed by atoms with van der Waals surface area (Å²) in [5.41, 5.74) is 0.671. The first kappa shape index (κ1) is 15.5. The summed E-state index contributed by atoms with van der Waals surface area (Å²) < 4.78 is 10.6. The molecule has 1 atom stereocenters. The zero-order valence-corrected chi connectivity index (χ0v) is 11.8. The van der Waals surface area contributed by atoms with Crippen molar-refractivity contribution in [3.63, 3.8) is 0 Å². The summed E-state index contributed by atoms with van der Waals surface area (Å²) in [6, 6.07) is 4.94. The molecule has 0 bridgehead atoms. The number of methoxy groups -OCH3 is 1. The number of phenolic OH excluding ortho intramolecular Hbond substituents is 1. The number of ether oxygens (including phenoxy) is 2. The van der Waals surface area contributed by atoms with Crippen LogP contribution in [0, 0.1) is 0 Å². The smallest absolute Gasteiger partial charge is 0.166 e. The van der Waals surface area contributed by atoms with Crippen LogP contribution in [0.1, 0.15) is 44.8 Å². The van der Waals surface area contributed by atoms with E-state index in [9.17, 15) is 9.90 Å². The van der Waals surface area contributed by atoms with E-state index in [1.807, 2.05) is 13.8 Å². The second-order valence-electron chi connectivity index (χ2n) is 4.40. The van der Waals surface area contributed by atoms with Gasteiger partial charge in [0.1, 0.15) is 6.10 Å². The molecule has 1 unspecified atom stereocenters. The van der Waals surface area contributed by atoms with Crippen LogP contribution in [-0.2, 0) is 9.53 Å². The van der Waals surface area contributed by atoms with Crippen LogP contribution in [0.15, 0.2) is 18.2 Å². The van der Waals surface area contributed by atoms with E-state index in [0.29, 0.717) is 24.3 Å². The summed E-state index contributed by atoms with van der Waals surface area (Å²) in [4.78, 5) is 12.1. The average Bonchev–Trinajstić information content (AvgIpc) is 2.39. The van der Waals surface area contributed by atoms with Gasteiger partial charge in [-0.25, -0.2) is 0 Å². The Labute approximate surface area is 114 Å². The summed E-state index contributed by atoms with van der Waals surface area (Å²) in [6.07, 6.45) is 1.50. The molecule has 0 saturated heterocycles. The van der Waals surface area contributed by atoms with Gasteiger partial charge in [0.05, 0.1) is 7.11 Å². The Kier molecular flexibility index (Phi) is 6.36. The zero-order valence-electron chi connectivity index (χ0n) is 11.8. The number of carbonyl (C=O) groups excluding carboxylic acids is 1. The molecule has 0 fully saturated rings. The Morgan fingerprint density at radius 3 is 2.58 bits per heavy atom. The number of Topliss-reactive ketones (excluding diaryl/α,β-unsaturated/α-hetero) is 1. The molecular weight excluding hydrogens is 244 g/mol. The Hall–Kier alpha value is -1.55. The highest BCUT2D eigenvalue weighted by atomic mass is 16.5. The first-order valence-electron chi connectivity index (χ1n) is 6.65. The van der Waals surface area contributed by atoms with Crippen molar-refractivity contribution in [1.29, 1.82) is 0 Å². The van der Waals surface area contributed by atoms with Crippen LogP contribution in [-0.4, -0.2) is 24.6 Å². The SMILES string of the molecule is CCCOC(C(=O)CCC)c1ccc(OC)c(O)c1. The largest absolute Gasteiger partial charge is 0.504 e. The minimum absolute atomic E-state index is 0.0226. The summed E-state index contributed by atoms with van der Waals surface area (Å²) in [6.45, 7) is 4.47. The molecule has 19 heavy (non-hydrogen) atoms. The average molecular weight is 266 g/mol. The van der Waals surface area contributed by atoms with Gasteiger partial charge in [0.25, 0.3) is 0 Å². The molecule has 0 aliphatic carbocycles. The summed E-state index contributed by atoms with van der Waals surface area (Å²) in [5, 5.41) is 9.79. The van der Waals surface area contributed by atoms with Gasteiger partial charge in [-0.05, 0) is 30.5 Å². The van der Waals surface area contributed by atoms with E-state index in [0.717, 1.165) is 12.8 Å². The Morgan fingerprint density at radius 2 is 2.05 bits per heavy atom. The third-order valence-electron chi connectivity index (χ3n) is 2.78. The summed E-state index contributed by atoms with van der Waals surface area (Å²) >= 11 is 0. The second-order valence-corrected chi connectivity index (χ2v) is 4.40. The van der Waals surface area contributed by atoms with Gasteiger partial charge in [0, 0.05) is 13.0 Å². The van der Waals surface area contributed by atoms with Crippen molar-refractivity contribution in [2.24, 2.45) is 0 Å². The minimum Gasteiger partial charge on any atom is -0.504 e. The number of phenols is 1. The molecule has 4 nitrogen and oxygen atoms in total. The Balaban J connectivity index is 2.96. The molecule has 0 heterocycles. The summed E-state index contributed by atoms with van der Waals surface area (Å²) in [7, 11) is 1.49. The highest BCUT2D eigenvalue weighted by Gasteiger charge is 2.21. The summed E-state index contributed by atoms with van der Waals surface area (Å²) in [5.74, 6) is 0.454. The number of hydrogen-bond donors (Lipinski definition) is 1. The molecule has 4 heteroatoms. The molecule has 0 radical (unpaired) electrons. The normalized spacial score (nSPS) is 12.2. The van der Waals surface area contributed by atoms with Gasteiger partial charge in [-0.1, -0.05) is 19.9 Å². The van der Waals surface area contributed by atoms with Gasteiger partial charge in [-0.2, -0.15) is 0 Å². The van der Waals surface area contributed by atoms with Crippen LogP contribution in [0.4, 0.5) is 0 Å². The number of benzene rings is 1. The standard InChI is InChI=1S/C15H22O4/c1-4-6-12(16)15(19-9-5-2)11-7-8-14(18-3)13(17)10-11/h7-8,10,15,17H,4-6,9H2,1-3H3. The Morgan fingerprint density at radius 1 is 1.32 bits per heavy atom. The predicted octanol–water partition coefficient (Wildman–Crippen LogP) is 3.24. The molecule has 106 valence electrons. The van der Waals surface area contributed by atoms with Gasteiger partial charge < -0.3 is 14.6 Å². The maximum atomic E-state index is 12.1. The van der Waals surface area contributed by atoms with Gasteiger partial charge >= 0.3 is 0 Å². The van der Waals surface area contributed by atoms with E-state index in [-0.39, 0.29) is 11.5 Å². The van der Waals surface area contributed by atoms with Gasteiger partial charge in [0.2, 0.25) is 0 Å². The number of aromatic hydroxyl groups is 1. The fourth-order valence-corrected chi connectivity index (χ4v) is 1.86. The monoisotopic (exact) mass is 266 g/mol. The Bertz CT molecular complexity index is 415. The van der Waals surface area contributed by atoms with Crippen molar-refractivity contribution >= 4 is 5.78 Å². The number of hydrogen-bond acceptors (Lipinski definition) is 4. The third-order valence-corrected chi connectivity index (χ3v) is 2.78. The van der Waals surface area contributed by atoms with Crippen molar-refractivity contribution in [2.75, 3.05) is 13.7 Å². The maximum absolute atomic E-state index is 12.1. The first-order valence-corrected chi connectivity index (χ1v) is 6.65. The van der Waals surface area contributed by atoms with Gasteiger partial charge in [0.15, 0.2) is 17.3 Å². The van der Waals surface area contributed by atoms with Crippen LogP contribution in [0.25, 0.3) is 0 Å². The topological polar surface area (TPSA) is 55.8 Å². The van der Waals surface area contributed by atoms with Crippen LogP contribution in [0.2, 0.25) is 0 Å². The lowest BCUT2D eigenvalue weighted by molar-refractivity contribution is -0.131. The zero-order chi connectivity index (χ0) is 14.3. The molecule has 1 aromatic rings. The molecular formula is C15H22O4. The highest BCUT2D eigenvalue weighted by molar-refractivity contribution is 5.84. The molecule has 0 aliphatic rings. The van der Waals surface area contributed by atoms with E-state index in [4.69, 9.17) is 9.47 Å². The van der Waals surface area contributed by atoms with Crippen LogP contribution in [0.5, 0.6) is 11.5 Å². The van der Waals surface area contributed by atoms with E-state index in [1.54, 1.807) is 12.1 Å². The van der Waals surface area contributed by atoms with E-state index < -0.39 is 6.10 Å². The molecule has 0 amide bonds. The van der Waals surface area contributed by atoms with Crippen LogP contribution >= 0.6 is 0 Å².